The first kappa shape index (κ1) is 18.2. The number of rotatable bonds is 2. The van der Waals surface area contributed by atoms with Gasteiger partial charge in [-0.1, -0.05) is 27.7 Å². The zero-order valence-corrected chi connectivity index (χ0v) is 14.3. The van der Waals surface area contributed by atoms with Crippen LogP contribution < -0.4 is 10.6 Å². The van der Waals surface area contributed by atoms with Crippen LogP contribution in [0.1, 0.15) is 34.6 Å². The lowest BCUT2D eigenvalue weighted by Gasteiger charge is -2.26. The minimum Gasteiger partial charge on any atom is -0.383 e. The third kappa shape index (κ3) is 3.85. The van der Waals surface area contributed by atoms with Crippen molar-refractivity contribution in [3.63, 3.8) is 0 Å². The number of fused-ring (bicyclic) bond motifs is 1. The van der Waals surface area contributed by atoms with Crippen LogP contribution in [-0.2, 0) is 11.3 Å². The van der Waals surface area contributed by atoms with Crippen LogP contribution in [0, 0.1) is 0 Å². The van der Waals surface area contributed by atoms with Crippen LogP contribution in [0.2, 0.25) is 0 Å². The van der Waals surface area contributed by atoms with Gasteiger partial charge in [0.15, 0.2) is 5.65 Å². The smallest absolute Gasteiger partial charge is 0.229 e. The summed E-state index contributed by atoms with van der Waals surface area (Å²) in [6, 6.07) is 0. The Morgan fingerprint density at radius 3 is 2.36 bits per heavy atom. The number of anilines is 2. The Kier molecular flexibility index (Phi) is 7.59. The lowest BCUT2D eigenvalue weighted by molar-refractivity contribution is 0.122. The summed E-state index contributed by atoms with van der Waals surface area (Å²) in [4.78, 5) is 11.0. The topological polar surface area (TPSA) is 82.1 Å². The van der Waals surface area contributed by atoms with Crippen LogP contribution in [0.3, 0.4) is 0 Å². The van der Waals surface area contributed by atoms with E-state index in [1.165, 1.54) is 0 Å². The van der Waals surface area contributed by atoms with Gasteiger partial charge in [-0.2, -0.15) is 15.1 Å². The van der Waals surface area contributed by atoms with Gasteiger partial charge in [-0.15, -0.1) is 0 Å². The molecule has 0 spiro atoms. The maximum absolute atomic E-state index is 5.97. The summed E-state index contributed by atoms with van der Waals surface area (Å²) in [5.41, 5.74) is 6.77. The monoisotopic (exact) mass is 308 g/mol. The van der Waals surface area contributed by atoms with Crippen molar-refractivity contribution >= 4 is 22.8 Å². The first-order chi connectivity index (χ1) is 10.8. The maximum Gasteiger partial charge on any atom is 0.229 e. The van der Waals surface area contributed by atoms with Gasteiger partial charge < -0.3 is 15.4 Å². The summed E-state index contributed by atoms with van der Waals surface area (Å²) >= 11 is 0. The van der Waals surface area contributed by atoms with Gasteiger partial charge in [0.25, 0.3) is 0 Å². The van der Waals surface area contributed by atoms with E-state index in [4.69, 9.17) is 10.5 Å². The van der Waals surface area contributed by atoms with Crippen LogP contribution in [0.4, 0.5) is 11.8 Å². The van der Waals surface area contributed by atoms with Gasteiger partial charge in [0.1, 0.15) is 5.82 Å². The summed E-state index contributed by atoms with van der Waals surface area (Å²) in [5, 5.41) is 5.07. The molecule has 0 unspecified atom stereocenters. The largest absolute Gasteiger partial charge is 0.383 e. The van der Waals surface area contributed by atoms with Gasteiger partial charge in [0.05, 0.1) is 24.8 Å². The third-order valence-electron chi connectivity index (χ3n) is 3.11. The molecule has 0 aromatic carbocycles. The lowest BCUT2D eigenvalue weighted by Crippen LogP contribution is -2.37. The number of ether oxygens (including phenoxy) is 1. The fourth-order valence-corrected chi connectivity index (χ4v) is 2.10. The van der Waals surface area contributed by atoms with Gasteiger partial charge >= 0.3 is 0 Å². The fourth-order valence-electron chi connectivity index (χ4n) is 2.10. The standard InChI is InChI=1S/C11H16N6O.2C2H6/c1-2-17-10-8(7-13-17)9(12)14-11(15-10)16-3-5-18-6-4-16;2*1-2/h7H,2-6H2,1H3,(H2,12,14,15);2*1-2H3. The van der Waals surface area contributed by atoms with Gasteiger partial charge in [0.2, 0.25) is 5.95 Å². The summed E-state index contributed by atoms with van der Waals surface area (Å²) in [5.74, 6) is 1.15. The molecule has 0 aliphatic carbocycles. The Morgan fingerprint density at radius 1 is 1.14 bits per heavy atom. The van der Waals surface area contributed by atoms with Crippen LogP contribution >= 0.6 is 0 Å². The highest BCUT2D eigenvalue weighted by Gasteiger charge is 2.17. The molecule has 0 saturated carbocycles. The zero-order chi connectivity index (χ0) is 16.5. The van der Waals surface area contributed by atoms with Gasteiger partial charge in [0, 0.05) is 19.6 Å². The average Bonchev–Trinajstić information content (AvgIpc) is 3.03. The molecule has 7 heteroatoms. The van der Waals surface area contributed by atoms with Crippen LogP contribution in [0.25, 0.3) is 11.0 Å². The van der Waals surface area contributed by atoms with Crippen LogP contribution in [0.5, 0.6) is 0 Å². The molecule has 7 nitrogen and oxygen atoms in total. The van der Waals surface area contributed by atoms with E-state index < -0.39 is 0 Å². The van der Waals surface area contributed by atoms with Gasteiger partial charge in [-0.3, -0.25) is 0 Å². The molecule has 22 heavy (non-hydrogen) atoms. The average molecular weight is 308 g/mol. The van der Waals surface area contributed by atoms with E-state index in [0.29, 0.717) is 25.0 Å². The second kappa shape index (κ2) is 9.19. The molecule has 0 bridgehead atoms. The number of hydrogen-bond donors (Lipinski definition) is 1. The molecule has 0 atom stereocenters. The van der Waals surface area contributed by atoms with Crippen molar-refractivity contribution in [2.24, 2.45) is 0 Å². The number of morpholine rings is 1. The number of aryl methyl sites for hydroxylation is 1. The SMILES string of the molecule is CC.CC.CCn1ncc2c(N)nc(N3CCOCC3)nc21. The molecule has 3 heterocycles. The number of nitrogens with two attached hydrogens (primary N) is 1. The van der Waals surface area contributed by atoms with Crippen molar-refractivity contribution in [1.82, 2.24) is 19.7 Å². The van der Waals surface area contributed by atoms with Crippen molar-refractivity contribution in [1.29, 1.82) is 0 Å². The molecule has 124 valence electrons. The first-order valence-electron chi connectivity index (χ1n) is 8.11. The second-order valence-electron chi connectivity index (χ2n) is 4.21. The molecular formula is C15H28N6O. The molecule has 1 saturated heterocycles. The fraction of sp³-hybridized carbons (Fsp3) is 0.667. The van der Waals surface area contributed by atoms with Crippen molar-refractivity contribution in [3.05, 3.63) is 6.20 Å². The zero-order valence-electron chi connectivity index (χ0n) is 14.3. The van der Waals surface area contributed by atoms with Crippen LogP contribution in [-0.4, -0.2) is 46.1 Å². The van der Waals surface area contributed by atoms with E-state index in [1.54, 1.807) is 6.20 Å². The molecule has 1 aliphatic heterocycles. The van der Waals surface area contributed by atoms with E-state index in [-0.39, 0.29) is 0 Å². The van der Waals surface area contributed by atoms with Crippen molar-refractivity contribution in [2.75, 3.05) is 36.9 Å². The van der Waals surface area contributed by atoms with E-state index in [2.05, 4.69) is 20.0 Å². The molecule has 1 aliphatic rings. The molecule has 0 amide bonds. The normalized spacial score (nSPS) is 14.0. The minimum absolute atomic E-state index is 0.487. The number of nitrogens with zero attached hydrogens (tertiary/aromatic N) is 5. The molecule has 2 aromatic heterocycles. The third-order valence-corrected chi connectivity index (χ3v) is 3.11. The Hall–Kier alpha value is -1.89. The van der Waals surface area contributed by atoms with Crippen molar-refractivity contribution < 1.29 is 4.74 Å². The summed E-state index contributed by atoms with van der Waals surface area (Å²) in [7, 11) is 0. The molecule has 3 rings (SSSR count). The quantitative estimate of drug-likeness (QED) is 0.917. The lowest BCUT2D eigenvalue weighted by atomic mass is 10.4. The Balaban J connectivity index is 0.000000561. The maximum atomic E-state index is 5.97. The van der Waals surface area contributed by atoms with E-state index in [1.807, 2.05) is 39.3 Å². The second-order valence-corrected chi connectivity index (χ2v) is 4.21. The Morgan fingerprint density at radius 2 is 1.77 bits per heavy atom. The van der Waals surface area contributed by atoms with Gasteiger partial charge in [-0.25, -0.2) is 4.68 Å². The predicted octanol–water partition coefficient (Wildman–Crippen LogP) is 2.32. The minimum atomic E-state index is 0.487. The molecule has 2 N–H and O–H groups in total. The first-order valence-corrected chi connectivity index (χ1v) is 8.11. The molecule has 1 fully saturated rings. The molecule has 2 aromatic rings. The highest BCUT2D eigenvalue weighted by molar-refractivity contribution is 5.86. The van der Waals surface area contributed by atoms with E-state index >= 15 is 0 Å². The summed E-state index contributed by atoms with van der Waals surface area (Å²) in [6.07, 6.45) is 1.72. The van der Waals surface area contributed by atoms with Crippen molar-refractivity contribution in [2.45, 2.75) is 41.2 Å². The van der Waals surface area contributed by atoms with Gasteiger partial charge in [-0.05, 0) is 6.92 Å². The van der Waals surface area contributed by atoms with Crippen LogP contribution in [0.15, 0.2) is 6.20 Å². The molecular weight excluding hydrogens is 280 g/mol. The number of aromatic nitrogens is 4. The summed E-state index contributed by atoms with van der Waals surface area (Å²) < 4.78 is 7.15. The Bertz CT molecular complexity index is 562. The Labute approximate surface area is 132 Å². The molecule has 0 radical (unpaired) electrons. The predicted molar refractivity (Wildman–Crippen MR) is 91.1 cm³/mol. The highest BCUT2D eigenvalue weighted by atomic mass is 16.5. The highest BCUT2D eigenvalue weighted by Crippen LogP contribution is 2.21. The number of nitrogen functional groups attached to an aromatic ring is 1. The van der Waals surface area contributed by atoms with Crippen molar-refractivity contribution in [3.8, 4) is 0 Å². The number of hydrogen-bond acceptors (Lipinski definition) is 6. The summed E-state index contributed by atoms with van der Waals surface area (Å²) in [6.45, 7) is 13.8. The van der Waals surface area contributed by atoms with E-state index in [0.717, 1.165) is 30.7 Å². The van der Waals surface area contributed by atoms with E-state index in [9.17, 15) is 0 Å².